The van der Waals surface area contributed by atoms with E-state index in [0.29, 0.717) is 6.04 Å². The van der Waals surface area contributed by atoms with Gasteiger partial charge in [0.15, 0.2) is 0 Å². The Balaban J connectivity index is 1.30. The van der Waals surface area contributed by atoms with Crippen LogP contribution in [0.15, 0.2) is 48.7 Å². The van der Waals surface area contributed by atoms with Crippen LogP contribution in [0.3, 0.4) is 0 Å². The number of nitrogens with zero attached hydrogens (tertiary/aromatic N) is 3. The maximum absolute atomic E-state index is 9.05. The summed E-state index contributed by atoms with van der Waals surface area (Å²) in [4.78, 5) is 6.81. The number of ether oxygens (including phenoxy) is 1. The van der Waals surface area contributed by atoms with Crippen LogP contribution in [0.2, 0.25) is 0 Å². The van der Waals surface area contributed by atoms with Crippen LogP contribution in [0, 0.1) is 11.3 Å². The van der Waals surface area contributed by atoms with Gasteiger partial charge < -0.3 is 10.1 Å². The summed E-state index contributed by atoms with van der Waals surface area (Å²) in [5.74, 6) is 0.924. The van der Waals surface area contributed by atoms with Crippen molar-refractivity contribution in [3.05, 3.63) is 59.8 Å². The molecule has 1 N–H and O–H groups in total. The lowest BCUT2D eigenvalue weighted by atomic mass is 9.87. The highest BCUT2D eigenvalue weighted by molar-refractivity contribution is 5.35. The molecule has 2 aliphatic rings. The van der Waals surface area contributed by atoms with Gasteiger partial charge in [-0.2, -0.15) is 5.26 Å². The second-order valence-electron chi connectivity index (χ2n) is 7.34. The number of pyridine rings is 1. The summed E-state index contributed by atoms with van der Waals surface area (Å²) in [7, 11) is 0. The van der Waals surface area contributed by atoms with Crippen LogP contribution >= 0.6 is 0 Å². The number of hydrogen-bond donors (Lipinski definition) is 1. The van der Waals surface area contributed by atoms with E-state index in [4.69, 9.17) is 10.00 Å². The Labute approximate surface area is 154 Å². The van der Waals surface area contributed by atoms with Gasteiger partial charge in [-0.25, -0.2) is 4.98 Å². The van der Waals surface area contributed by atoms with Gasteiger partial charge in [-0.05, 0) is 49.1 Å². The van der Waals surface area contributed by atoms with Gasteiger partial charge in [0.2, 0.25) is 0 Å². The van der Waals surface area contributed by atoms with Gasteiger partial charge in [-0.15, -0.1) is 0 Å². The average Bonchev–Trinajstić information content (AvgIpc) is 3.07. The molecule has 3 heterocycles. The largest absolute Gasteiger partial charge is 0.373 e. The first-order chi connectivity index (χ1) is 12.7. The molecule has 0 unspecified atom stereocenters. The number of rotatable bonds is 4. The molecule has 2 aliphatic heterocycles. The quantitative estimate of drug-likeness (QED) is 0.919. The summed E-state index contributed by atoms with van der Waals surface area (Å²) in [6.07, 6.45) is 4.98. The molecular weight excluding hydrogens is 324 g/mol. The second kappa shape index (κ2) is 7.45. The van der Waals surface area contributed by atoms with Gasteiger partial charge in [0.25, 0.3) is 0 Å². The standard InChI is InChI=1S/C21H24N4O/c22-14-17-4-3-5-18(12-17)15-25-10-7-21(8-11-25)13-19(16-26-21)24-20-6-1-2-9-23-20/h1-6,9,12,19H,7-8,10-11,13,15-16H2,(H,23,24)/t19-/m1/s1. The van der Waals surface area contributed by atoms with Crippen molar-refractivity contribution in [2.24, 2.45) is 0 Å². The van der Waals surface area contributed by atoms with Crippen molar-refractivity contribution in [1.29, 1.82) is 5.26 Å². The highest BCUT2D eigenvalue weighted by Crippen LogP contribution is 2.37. The van der Waals surface area contributed by atoms with Crippen LogP contribution in [0.25, 0.3) is 0 Å². The van der Waals surface area contributed by atoms with Crippen molar-refractivity contribution >= 4 is 5.82 Å². The number of hydrogen-bond acceptors (Lipinski definition) is 5. The van der Waals surface area contributed by atoms with E-state index in [9.17, 15) is 0 Å². The van der Waals surface area contributed by atoms with Crippen LogP contribution in [-0.2, 0) is 11.3 Å². The Morgan fingerprint density at radius 2 is 2.12 bits per heavy atom. The van der Waals surface area contributed by atoms with E-state index in [1.54, 1.807) is 0 Å². The number of benzene rings is 1. The van der Waals surface area contributed by atoms with Gasteiger partial charge in [0, 0.05) is 25.8 Å². The minimum absolute atomic E-state index is 0.0114. The smallest absolute Gasteiger partial charge is 0.126 e. The van der Waals surface area contributed by atoms with Crippen molar-refractivity contribution in [2.45, 2.75) is 37.5 Å². The third-order valence-electron chi connectivity index (χ3n) is 5.46. The summed E-state index contributed by atoms with van der Waals surface area (Å²) < 4.78 is 6.24. The predicted molar refractivity (Wildman–Crippen MR) is 101 cm³/mol. The van der Waals surface area contributed by atoms with Crippen LogP contribution in [0.5, 0.6) is 0 Å². The van der Waals surface area contributed by atoms with Gasteiger partial charge in [-0.1, -0.05) is 18.2 Å². The van der Waals surface area contributed by atoms with Crippen LogP contribution < -0.4 is 5.32 Å². The van der Waals surface area contributed by atoms with E-state index in [0.717, 1.165) is 56.9 Å². The van der Waals surface area contributed by atoms with Crippen LogP contribution in [0.4, 0.5) is 5.82 Å². The van der Waals surface area contributed by atoms with Gasteiger partial charge in [0.1, 0.15) is 5.82 Å². The molecule has 134 valence electrons. The molecule has 0 bridgehead atoms. The molecule has 1 aromatic carbocycles. The molecule has 0 saturated carbocycles. The summed E-state index contributed by atoms with van der Waals surface area (Å²) in [5, 5.41) is 12.5. The first-order valence-electron chi connectivity index (χ1n) is 9.28. The average molecular weight is 348 g/mol. The molecule has 2 aromatic rings. The van der Waals surface area contributed by atoms with E-state index < -0.39 is 0 Å². The zero-order chi connectivity index (χ0) is 17.8. The second-order valence-corrected chi connectivity index (χ2v) is 7.34. The Hall–Kier alpha value is -2.42. The predicted octanol–water partition coefficient (Wildman–Crippen LogP) is 3.19. The number of piperidine rings is 1. The lowest BCUT2D eigenvalue weighted by Gasteiger charge is -2.38. The summed E-state index contributed by atoms with van der Waals surface area (Å²) in [6.45, 7) is 3.72. The van der Waals surface area contributed by atoms with E-state index in [2.05, 4.69) is 27.3 Å². The molecule has 0 aliphatic carbocycles. The van der Waals surface area contributed by atoms with Gasteiger partial charge >= 0.3 is 0 Å². The molecule has 5 nitrogen and oxygen atoms in total. The lowest BCUT2D eigenvalue weighted by molar-refractivity contribution is -0.0448. The third kappa shape index (κ3) is 3.87. The summed E-state index contributed by atoms with van der Waals surface area (Å²) >= 11 is 0. The Kier molecular flexibility index (Phi) is 4.87. The van der Waals surface area contributed by atoms with E-state index in [1.165, 1.54) is 5.56 Å². The number of nitriles is 1. The first kappa shape index (κ1) is 17.0. The molecule has 4 rings (SSSR count). The Morgan fingerprint density at radius 1 is 1.23 bits per heavy atom. The van der Waals surface area contributed by atoms with E-state index in [1.807, 2.05) is 42.6 Å². The molecule has 26 heavy (non-hydrogen) atoms. The molecule has 2 fully saturated rings. The SMILES string of the molecule is N#Cc1cccc(CN2CCC3(CC2)C[C@@H](Nc2ccccn2)CO3)c1. The maximum atomic E-state index is 9.05. The van der Waals surface area contributed by atoms with Crippen molar-refractivity contribution in [2.75, 3.05) is 25.0 Å². The fourth-order valence-electron chi connectivity index (χ4n) is 4.06. The lowest BCUT2D eigenvalue weighted by Crippen LogP contribution is -2.44. The fraction of sp³-hybridized carbons (Fsp3) is 0.429. The van der Waals surface area contributed by atoms with Crippen molar-refractivity contribution < 1.29 is 4.74 Å². The van der Waals surface area contributed by atoms with Crippen molar-refractivity contribution in [1.82, 2.24) is 9.88 Å². The van der Waals surface area contributed by atoms with E-state index in [-0.39, 0.29) is 5.60 Å². The number of likely N-dealkylation sites (tertiary alicyclic amines) is 1. The molecule has 5 heteroatoms. The normalized spacial score (nSPS) is 22.2. The monoisotopic (exact) mass is 348 g/mol. The molecule has 2 saturated heterocycles. The fourth-order valence-corrected chi connectivity index (χ4v) is 4.06. The Morgan fingerprint density at radius 3 is 2.88 bits per heavy atom. The minimum Gasteiger partial charge on any atom is -0.373 e. The third-order valence-corrected chi connectivity index (χ3v) is 5.46. The Bertz CT molecular complexity index is 778. The van der Waals surface area contributed by atoms with Crippen molar-refractivity contribution in [3.63, 3.8) is 0 Å². The molecule has 0 radical (unpaired) electrons. The van der Waals surface area contributed by atoms with E-state index >= 15 is 0 Å². The van der Waals surface area contributed by atoms with Gasteiger partial charge in [-0.3, -0.25) is 4.90 Å². The topological polar surface area (TPSA) is 61.2 Å². The van der Waals surface area contributed by atoms with Gasteiger partial charge in [0.05, 0.1) is 29.9 Å². The molecule has 1 aromatic heterocycles. The van der Waals surface area contributed by atoms with Crippen molar-refractivity contribution in [3.8, 4) is 6.07 Å². The number of aromatic nitrogens is 1. The maximum Gasteiger partial charge on any atom is 0.126 e. The number of anilines is 1. The van der Waals surface area contributed by atoms with Crippen LogP contribution in [-0.4, -0.2) is 41.2 Å². The highest BCUT2D eigenvalue weighted by Gasteiger charge is 2.42. The zero-order valence-electron chi connectivity index (χ0n) is 14.9. The summed E-state index contributed by atoms with van der Waals surface area (Å²) in [5.41, 5.74) is 1.96. The molecule has 0 amide bonds. The molecular formula is C21H24N4O. The minimum atomic E-state index is 0.0114. The zero-order valence-corrected chi connectivity index (χ0v) is 14.9. The van der Waals surface area contributed by atoms with Crippen LogP contribution in [0.1, 0.15) is 30.4 Å². The molecule has 1 spiro atoms. The highest BCUT2D eigenvalue weighted by atomic mass is 16.5. The first-order valence-corrected chi connectivity index (χ1v) is 9.28. The molecule has 1 atom stereocenters. The summed E-state index contributed by atoms with van der Waals surface area (Å²) in [6, 6.07) is 16.4. The number of nitrogens with one attached hydrogen (secondary N) is 1.